The molecule has 0 fully saturated rings. The van der Waals surface area contributed by atoms with E-state index in [1.165, 1.54) is 0 Å². The Morgan fingerprint density at radius 1 is 1.16 bits per heavy atom. The lowest BCUT2D eigenvalue weighted by Crippen LogP contribution is -2.11. The number of para-hydroxylation sites is 2. The largest absolute Gasteiger partial charge is 0.330 e. The lowest BCUT2D eigenvalue weighted by atomic mass is 10.3. The van der Waals surface area contributed by atoms with Gasteiger partial charge in [0.25, 0.3) is 0 Å². The summed E-state index contributed by atoms with van der Waals surface area (Å²) in [6.45, 7) is 1.28. The van der Waals surface area contributed by atoms with Gasteiger partial charge in [0.05, 0.1) is 23.3 Å². The van der Waals surface area contributed by atoms with Crippen LogP contribution in [0.5, 0.6) is 0 Å². The van der Waals surface area contributed by atoms with Crippen molar-refractivity contribution in [3.8, 4) is 0 Å². The Morgan fingerprint density at radius 2 is 2.05 bits per heavy atom. The molecule has 0 atom stereocenters. The molecule has 1 aromatic carbocycles. The van der Waals surface area contributed by atoms with Crippen molar-refractivity contribution in [2.45, 2.75) is 13.0 Å². The Balaban J connectivity index is 2.07. The molecule has 19 heavy (non-hydrogen) atoms. The minimum Gasteiger partial charge on any atom is -0.330 e. The van der Waals surface area contributed by atoms with Gasteiger partial charge in [-0.05, 0) is 24.7 Å². The normalized spacial score (nSPS) is 11.0. The minimum absolute atomic E-state index is 0.590. The number of imidazole rings is 1. The second kappa shape index (κ2) is 5.16. The fourth-order valence-electron chi connectivity index (χ4n) is 2.20. The Bertz CT molecular complexity index is 675. The first-order valence-electron chi connectivity index (χ1n) is 6.27. The van der Waals surface area contributed by atoms with E-state index in [1.54, 1.807) is 12.5 Å². The van der Waals surface area contributed by atoms with Crippen LogP contribution in [0.3, 0.4) is 0 Å². The Hall–Kier alpha value is -2.27. The highest BCUT2D eigenvalue weighted by atomic mass is 15.1. The molecular weight excluding hydrogens is 238 g/mol. The van der Waals surface area contributed by atoms with Gasteiger partial charge in [-0.25, -0.2) is 15.0 Å². The first-order valence-corrected chi connectivity index (χ1v) is 6.27. The predicted octanol–water partition coefficient (Wildman–Crippen LogP) is 1.38. The van der Waals surface area contributed by atoms with Crippen molar-refractivity contribution in [2.24, 2.45) is 5.73 Å². The van der Waals surface area contributed by atoms with Crippen molar-refractivity contribution in [2.75, 3.05) is 6.54 Å². The molecule has 0 aliphatic heterocycles. The van der Waals surface area contributed by atoms with Crippen LogP contribution in [0, 0.1) is 0 Å². The third-order valence-electron chi connectivity index (χ3n) is 3.06. The maximum atomic E-state index is 5.67. The van der Waals surface area contributed by atoms with E-state index in [0.29, 0.717) is 13.1 Å². The van der Waals surface area contributed by atoms with E-state index < -0.39 is 0 Å². The molecule has 0 aliphatic carbocycles. The maximum Gasteiger partial charge on any atom is 0.115 e. The van der Waals surface area contributed by atoms with Crippen molar-refractivity contribution in [3.05, 3.63) is 54.4 Å². The van der Waals surface area contributed by atoms with E-state index in [1.807, 2.05) is 24.3 Å². The SMILES string of the molecule is NCCc1nc2ccccc2n1Cc1ccncn1. The lowest BCUT2D eigenvalue weighted by Gasteiger charge is -2.07. The van der Waals surface area contributed by atoms with Gasteiger partial charge >= 0.3 is 0 Å². The summed E-state index contributed by atoms with van der Waals surface area (Å²) >= 11 is 0. The Kier molecular flexibility index (Phi) is 3.20. The molecule has 5 heteroatoms. The van der Waals surface area contributed by atoms with Gasteiger partial charge in [-0.15, -0.1) is 0 Å². The van der Waals surface area contributed by atoms with E-state index in [9.17, 15) is 0 Å². The van der Waals surface area contributed by atoms with Gasteiger partial charge in [-0.1, -0.05) is 12.1 Å². The number of fused-ring (bicyclic) bond motifs is 1. The second-order valence-electron chi connectivity index (χ2n) is 4.34. The van der Waals surface area contributed by atoms with Gasteiger partial charge in [0.1, 0.15) is 12.2 Å². The molecular formula is C14H15N5. The van der Waals surface area contributed by atoms with Crippen LogP contribution < -0.4 is 5.73 Å². The van der Waals surface area contributed by atoms with Crippen LogP contribution in [-0.4, -0.2) is 26.1 Å². The fourth-order valence-corrected chi connectivity index (χ4v) is 2.20. The summed E-state index contributed by atoms with van der Waals surface area (Å²) in [5, 5.41) is 0. The highest BCUT2D eigenvalue weighted by molar-refractivity contribution is 5.76. The fraction of sp³-hybridized carbons (Fsp3) is 0.214. The number of aromatic nitrogens is 4. The van der Waals surface area contributed by atoms with E-state index >= 15 is 0 Å². The van der Waals surface area contributed by atoms with E-state index in [0.717, 1.165) is 29.0 Å². The van der Waals surface area contributed by atoms with E-state index in [-0.39, 0.29) is 0 Å². The molecule has 0 radical (unpaired) electrons. The molecule has 0 saturated carbocycles. The van der Waals surface area contributed by atoms with Crippen LogP contribution in [0.2, 0.25) is 0 Å². The summed E-state index contributed by atoms with van der Waals surface area (Å²) in [6.07, 6.45) is 4.08. The molecule has 5 nitrogen and oxygen atoms in total. The van der Waals surface area contributed by atoms with Gasteiger partial charge in [-0.3, -0.25) is 0 Å². The van der Waals surface area contributed by atoms with E-state index in [2.05, 4.69) is 25.6 Å². The van der Waals surface area contributed by atoms with Crippen LogP contribution >= 0.6 is 0 Å². The molecule has 0 amide bonds. The number of benzene rings is 1. The molecule has 0 unspecified atom stereocenters. The van der Waals surface area contributed by atoms with Gasteiger partial charge in [0.15, 0.2) is 0 Å². The van der Waals surface area contributed by atoms with Crippen LogP contribution in [-0.2, 0) is 13.0 Å². The summed E-state index contributed by atoms with van der Waals surface area (Å²) in [4.78, 5) is 12.8. The number of rotatable bonds is 4. The standard InChI is InChI=1S/C14H15N5/c15-7-5-14-18-12-3-1-2-4-13(12)19(14)9-11-6-8-16-10-17-11/h1-4,6,8,10H,5,7,9,15H2. The average molecular weight is 253 g/mol. The minimum atomic E-state index is 0.590. The highest BCUT2D eigenvalue weighted by Gasteiger charge is 2.10. The number of nitrogens with two attached hydrogens (primary N) is 1. The van der Waals surface area contributed by atoms with Crippen molar-refractivity contribution in [1.29, 1.82) is 0 Å². The monoisotopic (exact) mass is 253 g/mol. The predicted molar refractivity (Wildman–Crippen MR) is 73.6 cm³/mol. The number of hydrogen-bond acceptors (Lipinski definition) is 4. The quantitative estimate of drug-likeness (QED) is 0.762. The third kappa shape index (κ3) is 2.32. The third-order valence-corrected chi connectivity index (χ3v) is 3.06. The topological polar surface area (TPSA) is 69.6 Å². The molecule has 2 heterocycles. The zero-order valence-electron chi connectivity index (χ0n) is 10.5. The second-order valence-corrected chi connectivity index (χ2v) is 4.34. The van der Waals surface area contributed by atoms with Crippen LogP contribution in [0.1, 0.15) is 11.5 Å². The number of hydrogen-bond donors (Lipinski definition) is 1. The Morgan fingerprint density at radius 3 is 2.84 bits per heavy atom. The number of nitrogens with zero attached hydrogens (tertiary/aromatic N) is 4. The van der Waals surface area contributed by atoms with Gasteiger partial charge < -0.3 is 10.3 Å². The lowest BCUT2D eigenvalue weighted by molar-refractivity contribution is 0.719. The molecule has 3 rings (SSSR count). The average Bonchev–Trinajstić information content (AvgIpc) is 2.79. The summed E-state index contributed by atoms with van der Waals surface area (Å²) in [5.41, 5.74) is 8.75. The van der Waals surface area contributed by atoms with Crippen molar-refractivity contribution in [3.63, 3.8) is 0 Å². The summed E-state index contributed by atoms with van der Waals surface area (Å²) in [5.74, 6) is 1.00. The molecule has 0 saturated heterocycles. The van der Waals surface area contributed by atoms with Crippen LogP contribution in [0.4, 0.5) is 0 Å². The summed E-state index contributed by atoms with van der Waals surface area (Å²) < 4.78 is 2.17. The molecule has 0 aliphatic rings. The van der Waals surface area contributed by atoms with Gasteiger partial charge in [0, 0.05) is 12.6 Å². The Labute approximate surface area is 111 Å². The van der Waals surface area contributed by atoms with Crippen molar-refractivity contribution < 1.29 is 0 Å². The molecule has 2 N–H and O–H groups in total. The molecule has 96 valence electrons. The van der Waals surface area contributed by atoms with Crippen LogP contribution in [0.25, 0.3) is 11.0 Å². The van der Waals surface area contributed by atoms with E-state index in [4.69, 9.17) is 5.73 Å². The zero-order chi connectivity index (χ0) is 13.1. The van der Waals surface area contributed by atoms with Crippen molar-refractivity contribution >= 4 is 11.0 Å². The zero-order valence-corrected chi connectivity index (χ0v) is 10.5. The molecule has 2 aromatic heterocycles. The first kappa shape index (κ1) is 11.8. The van der Waals surface area contributed by atoms with Gasteiger partial charge in [-0.2, -0.15) is 0 Å². The molecule has 0 spiro atoms. The molecule has 0 bridgehead atoms. The maximum absolute atomic E-state index is 5.67. The smallest absolute Gasteiger partial charge is 0.115 e. The highest BCUT2D eigenvalue weighted by Crippen LogP contribution is 2.17. The molecule has 3 aromatic rings. The van der Waals surface area contributed by atoms with Crippen LogP contribution in [0.15, 0.2) is 42.9 Å². The first-order chi connectivity index (χ1) is 9.38. The summed E-state index contributed by atoms with van der Waals surface area (Å²) in [7, 11) is 0. The van der Waals surface area contributed by atoms with Crippen molar-refractivity contribution in [1.82, 2.24) is 19.5 Å². The van der Waals surface area contributed by atoms with Gasteiger partial charge in [0.2, 0.25) is 0 Å². The summed E-state index contributed by atoms with van der Waals surface area (Å²) in [6, 6.07) is 10.0.